The van der Waals surface area contributed by atoms with Crippen molar-refractivity contribution in [1.82, 2.24) is 14.9 Å². The quantitative estimate of drug-likeness (QED) is 0.840. The van der Waals surface area contributed by atoms with Gasteiger partial charge in [-0.25, -0.2) is 8.78 Å². The molecule has 2 N–H and O–H groups in total. The Morgan fingerprint density at radius 1 is 1.50 bits per heavy atom. The van der Waals surface area contributed by atoms with Crippen LogP contribution in [-0.4, -0.2) is 22.5 Å². The van der Waals surface area contributed by atoms with Crippen molar-refractivity contribution in [2.75, 3.05) is 7.05 Å². The molecule has 0 aliphatic carbocycles. The highest BCUT2D eigenvalue weighted by atomic mass is 32.1. The van der Waals surface area contributed by atoms with Crippen molar-refractivity contribution >= 4 is 29.2 Å². The first-order valence-corrected chi connectivity index (χ1v) is 5.72. The van der Waals surface area contributed by atoms with Crippen molar-refractivity contribution in [3.8, 4) is 0 Å². The van der Waals surface area contributed by atoms with Gasteiger partial charge in [-0.15, -0.1) is 0 Å². The van der Waals surface area contributed by atoms with Crippen LogP contribution >= 0.6 is 12.2 Å². The van der Waals surface area contributed by atoms with E-state index in [4.69, 9.17) is 12.2 Å². The molecule has 2 aromatic rings. The number of carbonyl (C=O) groups excluding carboxylic acids is 1. The van der Waals surface area contributed by atoms with E-state index in [2.05, 4.69) is 10.3 Å². The lowest BCUT2D eigenvalue weighted by Gasteiger charge is -2.04. The molecule has 1 heterocycles. The number of imidazole rings is 1. The second-order valence-electron chi connectivity index (χ2n) is 3.79. The number of carbonyl (C=O) groups is 1. The van der Waals surface area contributed by atoms with Crippen molar-refractivity contribution in [1.29, 1.82) is 0 Å². The molecule has 1 aromatic carbocycles. The maximum atomic E-state index is 13.5. The predicted molar refractivity (Wildman–Crippen MR) is 65.7 cm³/mol. The van der Waals surface area contributed by atoms with E-state index in [-0.39, 0.29) is 29.2 Å². The van der Waals surface area contributed by atoms with Gasteiger partial charge < -0.3 is 14.9 Å². The van der Waals surface area contributed by atoms with Crippen LogP contribution in [-0.2, 0) is 11.3 Å². The number of fused-ring (bicyclic) bond motifs is 1. The molecule has 0 radical (unpaired) electrons. The van der Waals surface area contributed by atoms with Gasteiger partial charge in [-0.1, -0.05) is 0 Å². The van der Waals surface area contributed by atoms with Crippen molar-refractivity contribution in [2.45, 2.75) is 13.0 Å². The summed E-state index contributed by atoms with van der Waals surface area (Å²) in [6.07, 6.45) is 0.190. The van der Waals surface area contributed by atoms with E-state index >= 15 is 0 Å². The van der Waals surface area contributed by atoms with Crippen molar-refractivity contribution in [2.24, 2.45) is 0 Å². The van der Waals surface area contributed by atoms with Crippen LogP contribution in [0.1, 0.15) is 6.42 Å². The summed E-state index contributed by atoms with van der Waals surface area (Å²) in [6.45, 7) is 0.265. The summed E-state index contributed by atoms with van der Waals surface area (Å²) in [5, 5.41) is 2.47. The van der Waals surface area contributed by atoms with Crippen molar-refractivity contribution in [3.63, 3.8) is 0 Å². The summed E-state index contributed by atoms with van der Waals surface area (Å²) in [4.78, 5) is 13.8. The number of aryl methyl sites for hydroxylation is 1. The minimum atomic E-state index is -0.699. The molecule has 1 aromatic heterocycles. The average molecular weight is 271 g/mol. The number of H-pyrrole nitrogens is 1. The molecular formula is C11H11F2N3OS. The third kappa shape index (κ3) is 2.26. The normalized spacial score (nSPS) is 10.8. The summed E-state index contributed by atoms with van der Waals surface area (Å²) in [6, 6.07) is 1.98. The van der Waals surface area contributed by atoms with Crippen LogP contribution in [0.15, 0.2) is 12.1 Å². The first-order chi connectivity index (χ1) is 8.52. The Morgan fingerprint density at radius 2 is 2.22 bits per heavy atom. The van der Waals surface area contributed by atoms with Crippen LogP contribution in [0.4, 0.5) is 8.78 Å². The van der Waals surface area contributed by atoms with E-state index in [1.54, 1.807) is 0 Å². The highest BCUT2D eigenvalue weighted by Crippen LogP contribution is 2.19. The number of aromatic amines is 1. The monoisotopic (exact) mass is 271 g/mol. The van der Waals surface area contributed by atoms with Crippen LogP contribution in [0, 0.1) is 16.4 Å². The second kappa shape index (κ2) is 4.85. The van der Waals surface area contributed by atoms with Gasteiger partial charge in [-0.3, -0.25) is 4.79 Å². The fourth-order valence-electron chi connectivity index (χ4n) is 1.74. The minimum absolute atomic E-state index is 0.151. The van der Waals surface area contributed by atoms with E-state index in [0.29, 0.717) is 5.52 Å². The van der Waals surface area contributed by atoms with Gasteiger partial charge in [0.05, 0.1) is 5.52 Å². The number of nitrogens with zero attached hydrogens (tertiary/aromatic N) is 1. The molecule has 96 valence electrons. The standard InChI is InChI=1S/C11H11F2N3OS/c1-14-9(17)2-3-16-8-5-6(12)4-7(13)10(8)15-11(16)18/h4-5H,2-3H2,1H3,(H,14,17)(H,15,18). The van der Waals surface area contributed by atoms with Gasteiger partial charge in [0.1, 0.15) is 11.3 Å². The number of rotatable bonds is 3. The number of halogens is 2. The lowest BCUT2D eigenvalue weighted by atomic mass is 10.3. The van der Waals surface area contributed by atoms with Gasteiger partial charge in [0.25, 0.3) is 0 Å². The average Bonchev–Trinajstić information content (AvgIpc) is 2.63. The van der Waals surface area contributed by atoms with Crippen LogP contribution in [0.3, 0.4) is 0 Å². The van der Waals surface area contributed by atoms with E-state index < -0.39 is 11.6 Å². The number of amides is 1. The summed E-state index contributed by atoms with van der Waals surface area (Å²) >= 11 is 5.03. The zero-order valence-corrected chi connectivity index (χ0v) is 10.4. The number of aromatic nitrogens is 2. The summed E-state index contributed by atoms with van der Waals surface area (Å²) in [5.74, 6) is -1.54. The maximum Gasteiger partial charge on any atom is 0.221 e. The molecule has 0 bridgehead atoms. The Labute approximate surface area is 107 Å². The van der Waals surface area contributed by atoms with E-state index in [1.807, 2.05) is 0 Å². The topological polar surface area (TPSA) is 49.8 Å². The largest absolute Gasteiger partial charge is 0.359 e. The highest BCUT2D eigenvalue weighted by molar-refractivity contribution is 7.71. The Kier molecular flexibility index (Phi) is 3.42. The molecule has 0 aliphatic heterocycles. The molecule has 0 unspecified atom stereocenters. The van der Waals surface area contributed by atoms with E-state index in [1.165, 1.54) is 17.7 Å². The Balaban J connectivity index is 2.47. The van der Waals surface area contributed by atoms with Crippen molar-refractivity contribution in [3.05, 3.63) is 28.5 Å². The van der Waals surface area contributed by atoms with Gasteiger partial charge in [0.2, 0.25) is 5.91 Å². The van der Waals surface area contributed by atoms with Crippen LogP contribution in [0.25, 0.3) is 11.0 Å². The molecule has 0 saturated heterocycles. The second-order valence-corrected chi connectivity index (χ2v) is 4.17. The molecule has 0 fully saturated rings. The fourth-order valence-corrected chi connectivity index (χ4v) is 2.03. The maximum absolute atomic E-state index is 13.5. The van der Waals surface area contributed by atoms with E-state index in [9.17, 15) is 13.6 Å². The Morgan fingerprint density at radius 3 is 2.89 bits per heavy atom. The van der Waals surface area contributed by atoms with Crippen molar-refractivity contribution < 1.29 is 13.6 Å². The molecule has 2 rings (SSSR count). The third-order valence-corrected chi connectivity index (χ3v) is 2.97. The lowest BCUT2D eigenvalue weighted by molar-refractivity contribution is -0.120. The van der Waals surface area contributed by atoms with Crippen LogP contribution in [0.5, 0.6) is 0 Å². The third-order valence-electron chi connectivity index (χ3n) is 2.64. The number of hydrogen-bond acceptors (Lipinski definition) is 2. The number of nitrogens with one attached hydrogen (secondary N) is 2. The first kappa shape index (κ1) is 12.7. The molecule has 0 saturated carbocycles. The molecule has 18 heavy (non-hydrogen) atoms. The Hall–Kier alpha value is -1.76. The first-order valence-electron chi connectivity index (χ1n) is 5.31. The van der Waals surface area contributed by atoms with Gasteiger partial charge in [-0.2, -0.15) is 0 Å². The van der Waals surface area contributed by atoms with Gasteiger partial charge in [-0.05, 0) is 18.3 Å². The molecule has 0 aliphatic rings. The SMILES string of the molecule is CNC(=O)CCn1c(=S)[nH]c2c(F)cc(F)cc21. The number of benzene rings is 1. The van der Waals surface area contributed by atoms with Crippen LogP contribution < -0.4 is 5.32 Å². The summed E-state index contributed by atoms with van der Waals surface area (Å²) in [7, 11) is 1.52. The number of hydrogen-bond donors (Lipinski definition) is 2. The fraction of sp³-hybridized carbons (Fsp3) is 0.273. The highest BCUT2D eigenvalue weighted by Gasteiger charge is 2.11. The minimum Gasteiger partial charge on any atom is -0.359 e. The molecule has 1 amide bonds. The molecular weight excluding hydrogens is 260 g/mol. The van der Waals surface area contributed by atoms with Gasteiger partial charge in [0, 0.05) is 26.1 Å². The Bertz CT molecular complexity index is 662. The zero-order chi connectivity index (χ0) is 13.3. The molecule has 0 atom stereocenters. The van der Waals surface area contributed by atoms with E-state index in [0.717, 1.165) is 6.07 Å². The smallest absolute Gasteiger partial charge is 0.221 e. The summed E-state index contributed by atoms with van der Waals surface area (Å²) < 4.78 is 28.4. The molecule has 7 heteroatoms. The summed E-state index contributed by atoms with van der Waals surface area (Å²) in [5.41, 5.74) is 0.472. The zero-order valence-electron chi connectivity index (χ0n) is 9.59. The lowest BCUT2D eigenvalue weighted by Crippen LogP contribution is -2.19. The van der Waals surface area contributed by atoms with Gasteiger partial charge >= 0.3 is 0 Å². The predicted octanol–water partition coefficient (Wildman–Crippen LogP) is 2.11. The molecule has 0 spiro atoms. The van der Waals surface area contributed by atoms with Gasteiger partial charge in [0.15, 0.2) is 10.6 Å². The van der Waals surface area contributed by atoms with Crippen LogP contribution in [0.2, 0.25) is 0 Å². The molecule has 4 nitrogen and oxygen atoms in total.